The van der Waals surface area contributed by atoms with E-state index >= 15 is 0 Å². The predicted molar refractivity (Wildman–Crippen MR) is 50.4 cm³/mol. The highest BCUT2D eigenvalue weighted by Crippen LogP contribution is 2.35. The maximum Gasteiger partial charge on any atom is 0.327 e. The minimum Gasteiger partial charge on any atom is -0.508 e. The molecule has 0 spiro atoms. The average molecular weight is 213 g/mol. The third kappa shape index (κ3) is 2.10. The monoisotopic (exact) mass is 213 g/mol. The molecule has 0 heterocycles. The summed E-state index contributed by atoms with van der Waals surface area (Å²) in [5, 5.41) is 27.8. The molecule has 0 fully saturated rings. The van der Waals surface area contributed by atoms with E-state index in [1.807, 2.05) is 0 Å². The van der Waals surface area contributed by atoms with Crippen LogP contribution < -0.4 is 5.73 Å². The second-order valence-corrected chi connectivity index (χ2v) is 2.90. The first-order chi connectivity index (χ1) is 6.97. The summed E-state index contributed by atoms with van der Waals surface area (Å²) in [6.45, 7) is 0. The lowest BCUT2D eigenvalue weighted by molar-refractivity contribution is -0.142. The molecule has 1 rings (SSSR count). The van der Waals surface area contributed by atoms with Crippen LogP contribution in [0.3, 0.4) is 0 Å². The molecule has 15 heavy (non-hydrogen) atoms. The molecule has 0 aromatic heterocycles. The lowest BCUT2D eigenvalue weighted by atomic mass is 10.1. The molecular formula is C9H11NO5. The predicted octanol–water partition coefficient (Wildman–Crippen LogP) is -0.0238. The molecule has 0 radical (unpaired) electrons. The SMILES string of the molecule is COC(=O)[C@@H](N)c1c(O)cc(O)cc1O. The molecule has 5 N–H and O–H groups in total. The molecule has 1 aromatic carbocycles. The number of rotatable bonds is 2. The summed E-state index contributed by atoms with van der Waals surface area (Å²) in [5.74, 6) is -2.06. The summed E-state index contributed by atoms with van der Waals surface area (Å²) in [7, 11) is 1.14. The second kappa shape index (κ2) is 4.05. The summed E-state index contributed by atoms with van der Waals surface area (Å²) in [6, 6.07) is 0.644. The zero-order chi connectivity index (χ0) is 11.6. The summed E-state index contributed by atoms with van der Waals surface area (Å²) >= 11 is 0. The maximum atomic E-state index is 11.1. The number of ether oxygens (including phenoxy) is 1. The Labute approximate surface area is 85.5 Å². The van der Waals surface area contributed by atoms with Crippen LogP contribution in [0.1, 0.15) is 11.6 Å². The minimum absolute atomic E-state index is 0.181. The third-order valence-electron chi connectivity index (χ3n) is 1.89. The fourth-order valence-corrected chi connectivity index (χ4v) is 1.17. The fourth-order valence-electron chi connectivity index (χ4n) is 1.17. The van der Waals surface area contributed by atoms with Gasteiger partial charge in [-0.2, -0.15) is 0 Å². The van der Waals surface area contributed by atoms with Crippen LogP contribution >= 0.6 is 0 Å². The summed E-state index contributed by atoms with van der Waals surface area (Å²) in [6.07, 6.45) is 0. The van der Waals surface area contributed by atoms with Crippen LogP contribution in [0.4, 0.5) is 0 Å². The number of hydrogen-bond donors (Lipinski definition) is 4. The molecule has 6 nitrogen and oxygen atoms in total. The largest absolute Gasteiger partial charge is 0.508 e. The summed E-state index contributed by atoms with van der Waals surface area (Å²) in [4.78, 5) is 11.1. The van der Waals surface area contributed by atoms with Gasteiger partial charge in [-0.3, -0.25) is 0 Å². The molecule has 82 valence electrons. The van der Waals surface area contributed by atoms with Crippen LogP contribution in [0.25, 0.3) is 0 Å². The number of aromatic hydroxyl groups is 3. The van der Waals surface area contributed by atoms with E-state index in [1.54, 1.807) is 0 Å². The zero-order valence-electron chi connectivity index (χ0n) is 7.97. The van der Waals surface area contributed by atoms with Crippen LogP contribution in [-0.4, -0.2) is 28.4 Å². The third-order valence-corrected chi connectivity index (χ3v) is 1.89. The van der Waals surface area contributed by atoms with Gasteiger partial charge in [0.15, 0.2) is 0 Å². The van der Waals surface area contributed by atoms with E-state index in [2.05, 4.69) is 4.74 Å². The van der Waals surface area contributed by atoms with Gasteiger partial charge in [-0.05, 0) is 0 Å². The number of phenols is 3. The van der Waals surface area contributed by atoms with Crippen molar-refractivity contribution >= 4 is 5.97 Å². The highest BCUT2D eigenvalue weighted by molar-refractivity contribution is 5.79. The molecule has 0 unspecified atom stereocenters. The Hall–Kier alpha value is -1.95. The average Bonchev–Trinajstić information content (AvgIpc) is 2.14. The molecule has 0 aliphatic rings. The number of hydrogen-bond acceptors (Lipinski definition) is 6. The number of methoxy groups -OCH3 is 1. The van der Waals surface area contributed by atoms with E-state index in [1.165, 1.54) is 0 Å². The molecule has 1 aromatic rings. The first-order valence-electron chi connectivity index (χ1n) is 4.05. The molecule has 0 bridgehead atoms. The van der Waals surface area contributed by atoms with Crippen LogP contribution in [0.2, 0.25) is 0 Å². The number of carbonyl (C=O) groups is 1. The molecule has 0 amide bonds. The van der Waals surface area contributed by atoms with Crippen molar-refractivity contribution in [1.82, 2.24) is 0 Å². The summed E-state index contributed by atoms with van der Waals surface area (Å²) < 4.78 is 4.36. The number of benzene rings is 1. The molecular weight excluding hydrogens is 202 g/mol. The smallest absolute Gasteiger partial charge is 0.327 e. The van der Waals surface area contributed by atoms with Crippen molar-refractivity contribution in [2.45, 2.75) is 6.04 Å². The number of phenolic OH excluding ortho intramolecular Hbond substituents is 3. The Kier molecular flexibility index (Phi) is 3.01. The van der Waals surface area contributed by atoms with E-state index in [9.17, 15) is 15.0 Å². The number of nitrogens with two attached hydrogens (primary N) is 1. The van der Waals surface area contributed by atoms with E-state index in [-0.39, 0.29) is 11.3 Å². The Morgan fingerprint density at radius 2 is 1.80 bits per heavy atom. The topological polar surface area (TPSA) is 113 Å². The molecule has 0 saturated heterocycles. The highest BCUT2D eigenvalue weighted by atomic mass is 16.5. The van der Waals surface area contributed by atoms with Gasteiger partial charge in [0, 0.05) is 12.1 Å². The van der Waals surface area contributed by atoms with Crippen molar-refractivity contribution < 1.29 is 24.9 Å². The number of esters is 1. The van der Waals surface area contributed by atoms with Crippen LogP contribution in [0.15, 0.2) is 12.1 Å². The Balaban J connectivity index is 3.19. The lowest BCUT2D eigenvalue weighted by Gasteiger charge is -2.13. The van der Waals surface area contributed by atoms with Gasteiger partial charge in [-0.1, -0.05) is 0 Å². The minimum atomic E-state index is -1.30. The van der Waals surface area contributed by atoms with Crippen molar-refractivity contribution in [1.29, 1.82) is 0 Å². The Morgan fingerprint density at radius 1 is 1.33 bits per heavy atom. The van der Waals surface area contributed by atoms with E-state index < -0.39 is 23.5 Å². The zero-order valence-corrected chi connectivity index (χ0v) is 7.97. The molecule has 0 aliphatic heterocycles. The van der Waals surface area contributed by atoms with Crippen molar-refractivity contribution in [2.75, 3.05) is 7.11 Å². The number of carbonyl (C=O) groups excluding carboxylic acids is 1. The summed E-state index contributed by atoms with van der Waals surface area (Å²) in [5.41, 5.74) is 5.24. The van der Waals surface area contributed by atoms with Crippen molar-refractivity contribution in [2.24, 2.45) is 5.73 Å². The standard InChI is InChI=1S/C9H11NO5/c1-15-9(14)8(10)7-5(12)2-4(11)3-6(7)13/h2-3,8,11-13H,10H2,1H3/t8-/m0/s1. The van der Waals surface area contributed by atoms with Gasteiger partial charge in [0.1, 0.15) is 23.3 Å². The quantitative estimate of drug-likeness (QED) is 0.513. The van der Waals surface area contributed by atoms with Gasteiger partial charge in [0.25, 0.3) is 0 Å². The Bertz CT molecular complexity index is 367. The first-order valence-corrected chi connectivity index (χ1v) is 4.05. The molecule has 0 aliphatic carbocycles. The van der Waals surface area contributed by atoms with Gasteiger partial charge in [-0.25, -0.2) is 4.79 Å². The second-order valence-electron chi connectivity index (χ2n) is 2.90. The van der Waals surface area contributed by atoms with Crippen LogP contribution in [0.5, 0.6) is 17.2 Å². The van der Waals surface area contributed by atoms with Gasteiger partial charge in [-0.15, -0.1) is 0 Å². The van der Waals surface area contributed by atoms with Gasteiger partial charge < -0.3 is 25.8 Å². The molecule has 0 saturated carbocycles. The fraction of sp³-hybridized carbons (Fsp3) is 0.222. The van der Waals surface area contributed by atoms with Crippen molar-refractivity contribution in [3.05, 3.63) is 17.7 Å². The lowest BCUT2D eigenvalue weighted by Crippen LogP contribution is -2.22. The first kappa shape index (κ1) is 11.1. The van der Waals surface area contributed by atoms with E-state index in [0.717, 1.165) is 19.2 Å². The Morgan fingerprint density at radius 3 is 2.20 bits per heavy atom. The molecule has 6 heteroatoms. The van der Waals surface area contributed by atoms with E-state index in [0.29, 0.717) is 0 Å². The van der Waals surface area contributed by atoms with Crippen molar-refractivity contribution in [3.63, 3.8) is 0 Å². The van der Waals surface area contributed by atoms with Gasteiger partial charge in [0.05, 0.1) is 12.7 Å². The van der Waals surface area contributed by atoms with Gasteiger partial charge in [0.2, 0.25) is 0 Å². The van der Waals surface area contributed by atoms with Crippen molar-refractivity contribution in [3.8, 4) is 17.2 Å². The van der Waals surface area contributed by atoms with Crippen LogP contribution in [0, 0.1) is 0 Å². The molecule has 1 atom stereocenters. The normalized spacial score (nSPS) is 12.1. The maximum absolute atomic E-state index is 11.1. The van der Waals surface area contributed by atoms with Crippen LogP contribution in [-0.2, 0) is 9.53 Å². The van der Waals surface area contributed by atoms with E-state index in [4.69, 9.17) is 10.8 Å². The van der Waals surface area contributed by atoms with Gasteiger partial charge >= 0.3 is 5.97 Å². The highest BCUT2D eigenvalue weighted by Gasteiger charge is 2.23.